The quantitative estimate of drug-likeness (QED) is 0.669. The Morgan fingerprint density at radius 1 is 1.45 bits per heavy atom. The number of Topliss-reactive ketones (excluding diaryl/α,β-unsaturated/α-hetero) is 1. The van der Waals surface area contributed by atoms with E-state index in [4.69, 9.17) is 11.6 Å². The lowest BCUT2D eigenvalue weighted by Gasteiger charge is -2.32. The van der Waals surface area contributed by atoms with Crippen molar-refractivity contribution in [2.24, 2.45) is 0 Å². The summed E-state index contributed by atoms with van der Waals surface area (Å²) in [5.74, 6) is 1.12. The van der Waals surface area contributed by atoms with Crippen LogP contribution in [-0.2, 0) is 0 Å². The lowest BCUT2D eigenvalue weighted by Crippen LogP contribution is -2.50. The molecule has 1 aromatic rings. The molecule has 1 atom stereocenters. The predicted molar refractivity (Wildman–Crippen MR) is 86.1 cm³/mol. The van der Waals surface area contributed by atoms with Gasteiger partial charge in [0.25, 0.3) is 0 Å². The second-order valence-corrected chi connectivity index (χ2v) is 6.64. The van der Waals surface area contributed by atoms with Crippen LogP contribution in [-0.4, -0.2) is 48.7 Å². The highest BCUT2D eigenvalue weighted by Gasteiger charge is 2.25. The van der Waals surface area contributed by atoms with E-state index in [2.05, 4.69) is 17.1 Å². The number of carbonyl (C=O) groups excluding carboxylic acids is 1. The molecule has 1 saturated heterocycles. The Morgan fingerprint density at radius 2 is 2.15 bits per heavy atom. The van der Waals surface area contributed by atoms with Gasteiger partial charge in [-0.2, -0.15) is 0 Å². The Bertz CT molecular complexity index is 475. The fourth-order valence-electron chi connectivity index (χ4n) is 2.44. The van der Waals surface area contributed by atoms with Gasteiger partial charge in [0.15, 0.2) is 5.78 Å². The molecule has 0 saturated carbocycles. The topological polar surface area (TPSA) is 32.3 Å². The van der Waals surface area contributed by atoms with Gasteiger partial charge in [0.1, 0.15) is 0 Å². The minimum absolute atomic E-state index is 0.0910. The van der Waals surface area contributed by atoms with E-state index < -0.39 is 0 Å². The van der Waals surface area contributed by atoms with Crippen molar-refractivity contribution in [3.8, 4) is 0 Å². The maximum absolute atomic E-state index is 12.8. The molecule has 0 spiro atoms. The van der Waals surface area contributed by atoms with Crippen LogP contribution < -0.4 is 5.32 Å². The molecular weight excluding hydrogens is 292 g/mol. The van der Waals surface area contributed by atoms with Crippen molar-refractivity contribution in [1.29, 1.82) is 0 Å². The molecule has 0 bridgehead atoms. The summed E-state index contributed by atoms with van der Waals surface area (Å²) in [6, 6.07) is 5.52. The highest BCUT2D eigenvalue weighted by molar-refractivity contribution is 7.99. The van der Waals surface area contributed by atoms with E-state index in [1.165, 1.54) is 0 Å². The summed E-state index contributed by atoms with van der Waals surface area (Å²) in [7, 11) is 0. The van der Waals surface area contributed by atoms with Gasteiger partial charge in [0, 0.05) is 41.7 Å². The van der Waals surface area contributed by atoms with Crippen LogP contribution in [0.1, 0.15) is 24.2 Å². The second-order valence-electron chi connectivity index (χ2n) is 4.90. The van der Waals surface area contributed by atoms with Gasteiger partial charge in [-0.25, -0.2) is 0 Å². The highest BCUT2D eigenvalue weighted by Crippen LogP contribution is 2.27. The van der Waals surface area contributed by atoms with Crippen LogP contribution >= 0.6 is 23.4 Å². The third-order valence-electron chi connectivity index (χ3n) is 3.59. The van der Waals surface area contributed by atoms with Gasteiger partial charge in [-0.05, 0) is 30.9 Å². The number of carbonyl (C=O) groups is 1. The number of nitrogens with zero attached hydrogens (tertiary/aromatic N) is 1. The third kappa shape index (κ3) is 3.76. The molecule has 20 heavy (non-hydrogen) atoms. The molecule has 5 heteroatoms. The standard InChI is InChI=1S/C15H21ClN2OS/c1-3-20-14-5-4-12(16)10-13(14)15(19)11(2)18-8-6-17-7-9-18/h4-5,10-11,17H,3,6-9H2,1-2H3. The molecule has 0 aliphatic carbocycles. The molecule has 1 fully saturated rings. The fourth-order valence-corrected chi connectivity index (χ4v) is 3.40. The summed E-state index contributed by atoms with van der Waals surface area (Å²) in [6.07, 6.45) is 0. The molecule has 1 aliphatic rings. The summed E-state index contributed by atoms with van der Waals surface area (Å²) >= 11 is 7.76. The van der Waals surface area contributed by atoms with E-state index in [-0.39, 0.29) is 11.8 Å². The highest BCUT2D eigenvalue weighted by atomic mass is 35.5. The number of benzene rings is 1. The Hall–Kier alpha value is -0.550. The molecule has 3 nitrogen and oxygen atoms in total. The minimum Gasteiger partial charge on any atom is -0.314 e. The molecule has 110 valence electrons. The average Bonchev–Trinajstić information content (AvgIpc) is 2.48. The van der Waals surface area contributed by atoms with E-state index in [1.807, 2.05) is 19.1 Å². The molecule has 1 unspecified atom stereocenters. The van der Waals surface area contributed by atoms with Crippen molar-refractivity contribution in [1.82, 2.24) is 10.2 Å². The van der Waals surface area contributed by atoms with Crippen molar-refractivity contribution in [2.45, 2.75) is 24.8 Å². The minimum atomic E-state index is -0.0910. The number of thioether (sulfide) groups is 1. The fraction of sp³-hybridized carbons (Fsp3) is 0.533. The van der Waals surface area contributed by atoms with Gasteiger partial charge in [-0.1, -0.05) is 18.5 Å². The summed E-state index contributed by atoms with van der Waals surface area (Å²) in [5, 5.41) is 3.94. The number of piperazine rings is 1. The number of hydrogen-bond donors (Lipinski definition) is 1. The normalized spacial score (nSPS) is 17.9. The van der Waals surface area contributed by atoms with Gasteiger partial charge in [0.2, 0.25) is 0 Å². The van der Waals surface area contributed by atoms with Crippen molar-refractivity contribution in [2.75, 3.05) is 31.9 Å². The van der Waals surface area contributed by atoms with Crippen LogP contribution in [0.3, 0.4) is 0 Å². The van der Waals surface area contributed by atoms with Crippen molar-refractivity contribution in [3.63, 3.8) is 0 Å². The molecule has 1 aromatic carbocycles. The zero-order chi connectivity index (χ0) is 14.5. The predicted octanol–water partition coefficient (Wildman–Crippen LogP) is 2.93. The molecular formula is C15H21ClN2OS. The first-order chi connectivity index (χ1) is 9.63. The molecule has 1 aliphatic heterocycles. The van der Waals surface area contributed by atoms with Crippen LogP contribution in [0.2, 0.25) is 5.02 Å². The number of hydrogen-bond acceptors (Lipinski definition) is 4. The van der Waals surface area contributed by atoms with E-state index in [1.54, 1.807) is 17.8 Å². The van der Waals surface area contributed by atoms with E-state index >= 15 is 0 Å². The average molecular weight is 313 g/mol. The molecule has 0 aromatic heterocycles. The van der Waals surface area contributed by atoms with Crippen LogP contribution in [0.5, 0.6) is 0 Å². The first kappa shape index (κ1) is 15.8. The van der Waals surface area contributed by atoms with Crippen LogP contribution in [0.25, 0.3) is 0 Å². The largest absolute Gasteiger partial charge is 0.314 e. The first-order valence-electron chi connectivity index (χ1n) is 7.04. The van der Waals surface area contributed by atoms with E-state index in [0.29, 0.717) is 5.02 Å². The first-order valence-corrected chi connectivity index (χ1v) is 8.41. The Kier molecular flexibility index (Phi) is 5.90. The zero-order valence-electron chi connectivity index (χ0n) is 12.0. The summed E-state index contributed by atoms with van der Waals surface area (Å²) in [6.45, 7) is 7.82. The Morgan fingerprint density at radius 3 is 2.80 bits per heavy atom. The molecule has 0 radical (unpaired) electrons. The second kappa shape index (κ2) is 7.46. The lowest BCUT2D eigenvalue weighted by atomic mass is 10.0. The molecule has 0 amide bonds. The Balaban J connectivity index is 2.20. The number of nitrogens with one attached hydrogen (secondary N) is 1. The summed E-state index contributed by atoms with van der Waals surface area (Å²) in [4.78, 5) is 16.0. The van der Waals surface area contributed by atoms with Gasteiger partial charge in [-0.15, -0.1) is 11.8 Å². The van der Waals surface area contributed by atoms with Gasteiger partial charge in [0.05, 0.1) is 6.04 Å². The van der Waals surface area contributed by atoms with Crippen molar-refractivity contribution < 1.29 is 4.79 Å². The smallest absolute Gasteiger partial charge is 0.180 e. The number of halogens is 1. The van der Waals surface area contributed by atoms with Crippen LogP contribution in [0, 0.1) is 0 Å². The van der Waals surface area contributed by atoms with Gasteiger partial charge < -0.3 is 5.32 Å². The third-order valence-corrected chi connectivity index (χ3v) is 4.78. The molecule has 1 heterocycles. The van der Waals surface area contributed by atoms with Gasteiger partial charge >= 0.3 is 0 Å². The Labute approximate surface area is 130 Å². The summed E-state index contributed by atoms with van der Waals surface area (Å²) < 4.78 is 0. The van der Waals surface area contributed by atoms with Crippen molar-refractivity contribution in [3.05, 3.63) is 28.8 Å². The molecule has 2 rings (SSSR count). The maximum Gasteiger partial charge on any atom is 0.180 e. The molecule has 1 N–H and O–H groups in total. The SMILES string of the molecule is CCSc1ccc(Cl)cc1C(=O)C(C)N1CCNCC1. The number of ketones is 1. The van der Waals surface area contributed by atoms with Crippen molar-refractivity contribution >= 4 is 29.1 Å². The van der Waals surface area contributed by atoms with Crippen LogP contribution in [0.4, 0.5) is 0 Å². The van der Waals surface area contributed by atoms with E-state index in [0.717, 1.165) is 42.4 Å². The maximum atomic E-state index is 12.8. The van der Waals surface area contributed by atoms with E-state index in [9.17, 15) is 4.79 Å². The summed E-state index contributed by atoms with van der Waals surface area (Å²) in [5.41, 5.74) is 0.760. The number of rotatable bonds is 5. The van der Waals surface area contributed by atoms with Crippen LogP contribution in [0.15, 0.2) is 23.1 Å². The monoisotopic (exact) mass is 312 g/mol. The zero-order valence-corrected chi connectivity index (χ0v) is 13.6. The lowest BCUT2D eigenvalue weighted by molar-refractivity contribution is 0.0817. The van der Waals surface area contributed by atoms with Gasteiger partial charge in [-0.3, -0.25) is 9.69 Å².